The minimum Gasteiger partial charge on any atom is -0.492 e. The molecular weight excluding hydrogens is 145 g/mol. The first-order chi connectivity index (χ1) is 5.15. The lowest BCUT2D eigenvalue weighted by atomic mass is 10.3. The molecule has 0 spiro atoms. The molecule has 0 aliphatic heterocycles. The Morgan fingerprint density at radius 2 is 2.09 bits per heavy atom. The summed E-state index contributed by atoms with van der Waals surface area (Å²) in [6.45, 7) is 3.46. The van der Waals surface area contributed by atoms with E-state index in [-0.39, 0.29) is 11.6 Å². The van der Waals surface area contributed by atoms with Gasteiger partial charge in [-0.1, -0.05) is 0 Å². The number of pyridine rings is 1. The minimum atomic E-state index is -0.350. The van der Waals surface area contributed by atoms with E-state index in [1.165, 1.54) is 13.2 Å². The molecule has 3 heteroatoms. The third kappa shape index (κ3) is 1.48. The Bertz CT molecular complexity index is 250. The highest BCUT2D eigenvalue weighted by molar-refractivity contribution is 5.29. The first-order valence-electron chi connectivity index (χ1n) is 3.33. The van der Waals surface area contributed by atoms with Crippen molar-refractivity contribution in [1.82, 2.24) is 4.98 Å². The summed E-state index contributed by atoms with van der Waals surface area (Å²) in [5.74, 6) is -0.117. The predicted octanol–water partition coefficient (Wildman–Crippen LogP) is 1.85. The molecule has 0 aliphatic carbocycles. The molecule has 0 radical (unpaired) electrons. The van der Waals surface area contributed by atoms with Gasteiger partial charge in [-0.3, -0.25) is 4.98 Å². The van der Waals surface area contributed by atoms with Gasteiger partial charge >= 0.3 is 0 Å². The Morgan fingerprint density at radius 1 is 1.45 bits per heavy atom. The lowest BCUT2D eigenvalue weighted by molar-refractivity contribution is 0.380. The zero-order chi connectivity index (χ0) is 8.43. The molecule has 0 aliphatic rings. The summed E-state index contributed by atoms with van der Waals surface area (Å²) in [5.41, 5.74) is 1.26. The summed E-state index contributed by atoms with van der Waals surface area (Å²) in [7, 11) is 1.43. The molecule has 60 valence electrons. The number of ether oxygens (including phenoxy) is 1. The maximum atomic E-state index is 12.9. The highest BCUT2D eigenvalue weighted by Crippen LogP contribution is 2.19. The molecule has 0 unspecified atom stereocenters. The van der Waals surface area contributed by atoms with Crippen LogP contribution in [0, 0.1) is 19.7 Å². The van der Waals surface area contributed by atoms with Crippen LogP contribution in [0.2, 0.25) is 0 Å². The van der Waals surface area contributed by atoms with Crippen LogP contribution in [0.3, 0.4) is 0 Å². The molecule has 0 fully saturated rings. The lowest BCUT2D eigenvalue weighted by Crippen LogP contribution is -1.96. The van der Waals surface area contributed by atoms with Gasteiger partial charge in [0, 0.05) is 5.69 Å². The number of hydrogen-bond acceptors (Lipinski definition) is 2. The maximum Gasteiger partial charge on any atom is 0.175 e. The smallest absolute Gasteiger partial charge is 0.175 e. The summed E-state index contributed by atoms with van der Waals surface area (Å²) in [6.07, 6.45) is 0. The van der Waals surface area contributed by atoms with Crippen LogP contribution < -0.4 is 4.74 Å². The SMILES string of the molecule is COc1c(F)cc(C)nc1C. The third-order valence-corrected chi connectivity index (χ3v) is 1.43. The number of hydrogen-bond donors (Lipinski definition) is 0. The molecule has 11 heavy (non-hydrogen) atoms. The molecule has 0 bridgehead atoms. The number of nitrogens with zero attached hydrogens (tertiary/aromatic N) is 1. The average Bonchev–Trinajstić information content (AvgIpc) is 1.85. The van der Waals surface area contributed by atoms with E-state index >= 15 is 0 Å². The van der Waals surface area contributed by atoms with Crippen LogP contribution >= 0.6 is 0 Å². The van der Waals surface area contributed by atoms with Crippen molar-refractivity contribution >= 4 is 0 Å². The predicted molar refractivity (Wildman–Crippen MR) is 40.2 cm³/mol. The molecule has 1 aromatic heterocycles. The Kier molecular flexibility index (Phi) is 2.08. The van der Waals surface area contributed by atoms with E-state index in [0.717, 1.165) is 0 Å². The van der Waals surface area contributed by atoms with Gasteiger partial charge in [0.15, 0.2) is 11.6 Å². The molecule has 1 aromatic rings. The number of halogens is 1. The molecule has 0 aromatic carbocycles. The van der Waals surface area contributed by atoms with E-state index in [1.807, 2.05) is 0 Å². The zero-order valence-electron chi connectivity index (χ0n) is 6.81. The maximum absolute atomic E-state index is 12.9. The Morgan fingerprint density at radius 3 is 2.55 bits per heavy atom. The molecule has 0 atom stereocenters. The quantitative estimate of drug-likeness (QED) is 0.617. The lowest BCUT2D eigenvalue weighted by Gasteiger charge is -2.04. The standard InChI is InChI=1S/C8H10FNO/c1-5-4-7(9)8(11-3)6(2)10-5/h4H,1-3H3. The molecule has 1 rings (SSSR count). The summed E-state index contributed by atoms with van der Waals surface area (Å²) in [4.78, 5) is 4.04. The van der Waals surface area contributed by atoms with Gasteiger partial charge < -0.3 is 4.74 Å². The molecule has 0 amide bonds. The van der Waals surface area contributed by atoms with Crippen LogP contribution in [0.5, 0.6) is 5.75 Å². The number of methoxy groups -OCH3 is 1. The Hall–Kier alpha value is -1.12. The molecular formula is C8H10FNO. The Labute approximate surface area is 65.0 Å². The fraction of sp³-hybridized carbons (Fsp3) is 0.375. The monoisotopic (exact) mass is 155 g/mol. The van der Waals surface area contributed by atoms with Crippen LogP contribution in [-0.2, 0) is 0 Å². The van der Waals surface area contributed by atoms with Gasteiger partial charge in [-0.15, -0.1) is 0 Å². The molecule has 0 saturated carbocycles. The third-order valence-electron chi connectivity index (χ3n) is 1.43. The highest BCUT2D eigenvalue weighted by Gasteiger charge is 2.06. The van der Waals surface area contributed by atoms with Crippen LogP contribution in [0.1, 0.15) is 11.4 Å². The topological polar surface area (TPSA) is 22.1 Å². The average molecular weight is 155 g/mol. The fourth-order valence-corrected chi connectivity index (χ4v) is 1.01. The van der Waals surface area contributed by atoms with Gasteiger partial charge in [-0.2, -0.15) is 0 Å². The van der Waals surface area contributed by atoms with E-state index < -0.39 is 0 Å². The summed E-state index contributed by atoms with van der Waals surface area (Å²) < 4.78 is 17.7. The summed E-state index contributed by atoms with van der Waals surface area (Å²) >= 11 is 0. The van der Waals surface area contributed by atoms with E-state index in [9.17, 15) is 4.39 Å². The second kappa shape index (κ2) is 2.86. The van der Waals surface area contributed by atoms with Gasteiger partial charge in [0.25, 0.3) is 0 Å². The van der Waals surface area contributed by atoms with Crippen molar-refractivity contribution in [2.75, 3.05) is 7.11 Å². The van der Waals surface area contributed by atoms with Crippen molar-refractivity contribution in [3.05, 3.63) is 23.3 Å². The minimum absolute atomic E-state index is 0.232. The van der Waals surface area contributed by atoms with Crippen LogP contribution in [-0.4, -0.2) is 12.1 Å². The van der Waals surface area contributed by atoms with E-state index in [4.69, 9.17) is 4.74 Å². The van der Waals surface area contributed by atoms with E-state index in [2.05, 4.69) is 4.98 Å². The highest BCUT2D eigenvalue weighted by atomic mass is 19.1. The zero-order valence-corrected chi connectivity index (χ0v) is 6.81. The van der Waals surface area contributed by atoms with Crippen molar-refractivity contribution in [2.24, 2.45) is 0 Å². The first kappa shape index (κ1) is 7.98. The van der Waals surface area contributed by atoms with Gasteiger partial charge in [0.05, 0.1) is 12.8 Å². The second-order valence-corrected chi connectivity index (χ2v) is 2.36. The van der Waals surface area contributed by atoms with Crippen LogP contribution in [0.15, 0.2) is 6.07 Å². The number of aryl methyl sites for hydroxylation is 2. The molecule has 2 nitrogen and oxygen atoms in total. The van der Waals surface area contributed by atoms with E-state index in [0.29, 0.717) is 11.4 Å². The van der Waals surface area contributed by atoms with Crippen molar-refractivity contribution < 1.29 is 9.13 Å². The van der Waals surface area contributed by atoms with Gasteiger partial charge in [-0.05, 0) is 19.9 Å². The molecule has 0 N–H and O–H groups in total. The van der Waals surface area contributed by atoms with Gasteiger partial charge in [-0.25, -0.2) is 4.39 Å². The summed E-state index contributed by atoms with van der Waals surface area (Å²) in [5, 5.41) is 0. The van der Waals surface area contributed by atoms with Crippen LogP contribution in [0.4, 0.5) is 4.39 Å². The molecule has 1 heterocycles. The molecule has 0 saturated heterocycles. The normalized spacial score (nSPS) is 9.82. The summed E-state index contributed by atoms with van der Waals surface area (Å²) in [6, 6.07) is 1.35. The first-order valence-corrected chi connectivity index (χ1v) is 3.33. The number of aromatic nitrogens is 1. The van der Waals surface area contributed by atoms with Crippen molar-refractivity contribution in [3.8, 4) is 5.75 Å². The fourth-order valence-electron chi connectivity index (χ4n) is 1.01. The van der Waals surface area contributed by atoms with Gasteiger partial charge in [0.2, 0.25) is 0 Å². The Balaban J connectivity index is 3.25. The largest absolute Gasteiger partial charge is 0.492 e. The number of rotatable bonds is 1. The van der Waals surface area contributed by atoms with Crippen LogP contribution in [0.25, 0.3) is 0 Å². The van der Waals surface area contributed by atoms with Crippen molar-refractivity contribution in [2.45, 2.75) is 13.8 Å². The van der Waals surface area contributed by atoms with Crippen molar-refractivity contribution in [3.63, 3.8) is 0 Å². The van der Waals surface area contributed by atoms with E-state index in [1.54, 1.807) is 13.8 Å². The van der Waals surface area contributed by atoms with Crippen molar-refractivity contribution in [1.29, 1.82) is 0 Å². The van der Waals surface area contributed by atoms with Gasteiger partial charge in [0.1, 0.15) is 0 Å². The second-order valence-electron chi connectivity index (χ2n) is 2.36.